The van der Waals surface area contributed by atoms with E-state index >= 15 is 0 Å². The van der Waals surface area contributed by atoms with E-state index in [1.165, 1.54) is 21.5 Å². The maximum Gasteiger partial charge on any atom is 0.408 e. The zero-order chi connectivity index (χ0) is 24.2. The van der Waals surface area contributed by atoms with Gasteiger partial charge in [-0.1, -0.05) is 15.9 Å². The Hall–Kier alpha value is -0.890. The van der Waals surface area contributed by atoms with Crippen molar-refractivity contribution in [3.63, 3.8) is 0 Å². The molecule has 3 heterocycles. The highest BCUT2D eigenvalue weighted by Crippen LogP contribution is 2.51. The number of nitrogens with zero attached hydrogens (tertiary/aromatic N) is 2. The van der Waals surface area contributed by atoms with Crippen LogP contribution < -0.4 is 11.2 Å². The second-order valence-corrected chi connectivity index (χ2v) is 11.3. The summed E-state index contributed by atoms with van der Waals surface area (Å²) in [7, 11) is -2.08. The number of nitrogens with one attached hydrogen (secondary N) is 1. The van der Waals surface area contributed by atoms with E-state index in [9.17, 15) is 19.3 Å². The van der Waals surface area contributed by atoms with Crippen LogP contribution in [-0.2, 0) is 27.8 Å². The predicted octanol–water partition coefficient (Wildman–Crippen LogP) is 1.19. The first kappa shape index (κ1) is 26.7. The summed E-state index contributed by atoms with van der Waals surface area (Å²) in [6.45, 7) is 4.39. The molecule has 2 fully saturated rings. The number of aliphatic hydroxyl groups is 1. The van der Waals surface area contributed by atoms with Crippen LogP contribution in [-0.4, -0.2) is 82.2 Å². The molecule has 0 aromatic carbocycles. The highest BCUT2D eigenvalue weighted by molar-refractivity contribution is 9.09. The summed E-state index contributed by atoms with van der Waals surface area (Å²) >= 11 is 3.32. The second-order valence-electron chi connectivity index (χ2n) is 8.36. The SMILES string of the molecule is CN(CCBr)P(=O)(OCCC1COC(C)(C)O1)OC[C@H]1O[C@@H](n2ccc(=O)[nH]c2=O)C[C@@H]1O. The summed E-state index contributed by atoms with van der Waals surface area (Å²) in [6.07, 6.45) is -0.885. The normalized spacial score (nSPS) is 28.9. The van der Waals surface area contributed by atoms with E-state index in [2.05, 4.69) is 20.9 Å². The molecule has 5 atom stereocenters. The van der Waals surface area contributed by atoms with Gasteiger partial charge in [0.25, 0.3) is 5.56 Å². The van der Waals surface area contributed by atoms with Crippen molar-refractivity contribution < 1.29 is 32.9 Å². The van der Waals surface area contributed by atoms with Crippen molar-refractivity contribution in [3.05, 3.63) is 33.1 Å². The van der Waals surface area contributed by atoms with Crippen LogP contribution in [0.25, 0.3) is 0 Å². The van der Waals surface area contributed by atoms with Crippen LogP contribution in [0.1, 0.15) is 32.9 Å². The molecule has 1 aromatic heterocycles. The fourth-order valence-corrected chi connectivity index (χ4v) is 5.83. The Morgan fingerprint density at radius 3 is 2.79 bits per heavy atom. The molecular weight excluding hydrogens is 525 g/mol. The summed E-state index contributed by atoms with van der Waals surface area (Å²) < 4.78 is 44.5. The zero-order valence-corrected chi connectivity index (χ0v) is 21.3. The summed E-state index contributed by atoms with van der Waals surface area (Å²) in [4.78, 5) is 25.4. The number of hydrogen-bond donors (Lipinski definition) is 2. The van der Waals surface area contributed by atoms with E-state index in [-0.39, 0.29) is 25.7 Å². The average molecular weight is 556 g/mol. The van der Waals surface area contributed by atoms with E-state index in [0.29, 0.717) is 24.9 Å². The topological polar surface area (TPSA) is 142 Å². The molecule has 0 radical (unpaired) electrons. The van der Waals surface area contributed by atoms with E-state index in [0.717, 1.165) is 0 Å². The molecule has 2 N–H and O–H groups in total. The van der Waals surface area contributed by atoms with Gasteiger partial charge in [0.1, 0.15) is 12.3 Å². The molecule has 188 valence electrons. The van der Waals surface area contributed by atoms with Crippen molar-refractivity contribution in [2.45, 2.75) is 57.0 Å². The summed E-state index contributed by atoms with van der Waals surface area (Å²) in [5.41, 5.74) is -1.17. The summed E-state index contributed by atoms with van der Waals surface area (Å²) in [5, 5.41) is 10.9. The van der Waals surface area contributed by atoms with Gasteiger partial charge in [-0.3, -0.25) is 23.4 Å². The third-order valence-corrected chi connectivity index (χ3v) is 7.73. The van der Waals surface area contributed by atoms with Crippen LogP contribution in [0, 0.1) is 0 Å². The number of hydrogen-bond acceptors (Lipinski definition) is 9. The monoisotopic (exact) mass is 555 g/mol. The largest absolute Gasteiger partial charge is 0.408 e. The van der Waals surface area contributed by atoms with Crippen molar-refractivity contribution in [1.29, 1.82) is 0 Å². The van der Waals surface area contributed by atoms with E-state index in [1.807, 2.05) is 13.8 Å². The van der Waals surface area contributed by atoms with Gasteiger partial charge in [0, 0.05) is 30.6 Å². The molecule has 12 nitrogen and oxygen atoms in total. The molecule has 2 unspecified atom stereocenters. The first-order chi connectivity index (χ1) is 15.5. The number of alkyl halides is 1. The van der Waals surface area contributed by atoms with E-state index < -0.39 is 43.2 Å². The number of H-pyrrole nitrogens is 1. The van der Waals surface area contributed by atoms with Gasteiger partial charge in [0.2, 0.25) is 0 Å². The van der Waals surface area contributed by atoms with Gasteiger partial charge < -0.3 is 19.3 Å². The highest BCUT2D eigenvalue weighted by atomic mass is 79.9. The Morgan fingerprint density at radius 2 is 2.15 bits per heavy atom. The molecule has 14 heteroatoms. The van der Waals surface area contributed by atoms with E-state index in [4.69, 9.17) is 23.3 Å². The molecule has 2 aliphatic rings. The molecule has 3 rings (SSSR count). The minimum Gasteiger partial charge on any atom is -0.390 e. The van der Waals surface area contributed by atoms with Gasteiger partial charge in [-0.05, 0) is 27.3 Å². The summed E-state index contributed by atoms with van der Waals surface area (Å²) in [6, 6.07) is 1.19. The zero-order valence-electron chi connectivity index (χ0n) is 18.8. The standard InChI is InChI=1S/C19H31BrN3O9P/c1-19(2)28-11-13(32-19)5-9-29-33(27,22(3)8-6-20)30-12-15-14(24)10-17(31-15)23-7-4-16(25)21-18(23)26/h4,7,13-15,17,24H,5-6,8-12H2,1-3H3,(H,21,25,26)/t13?,14-,15+,17+,33?/m0/s1. The van der Waals surface area contributed by atoms with Crippen LogP contribution in [0.2, 0.25) is 0 Å². The molecule has 0 spiro atoms. The third-order valence-electron chi connectivity index (χ3n) is 5.36. The van der Waals surface area contributed by atoms with Crippen molar-refractivity contribution in [3.8, 4) is 0 Å². The lowest BCUT2D eigenvalue weighted by Gasteiger charge is -2.28. The molecule has 0 aliphatic carbocycles. The van der Waals surface area contributed by atoms with Crippen LogP contribution in [0.15, 0.2) is 21.9 Å². The molecule has 0 bridgehead atoms. The number of aromatic amines is 1. The average Bonchev–Trinajstić information content (AvgIpc) is 3.27. The minimum atomic E-state index is -3.70. The molecule has 33 heavy (non-hydrogen) atoms. The highest BCUT2D eigenvalue weighted by Gasteiger charge is 2.39. The van der Waals surface area contributed by atoms with Crippen LogP contribution in [0.5, 0.6) is 0 Å². The van der Waals surface area contributed by atoms with Crippen LogP contribution in [0.3, 0.4) is 0 Å². The fraction of sp³-hybridized carbons (Fsp3) is 0.789. The number of rotatable bonds is 11. The van der Waals surface area contributed by atoms with Crippen molar-refractivity contribution in [1.82, 2.24) is 14.2 Å². The molecular formula is C19H31BrN3O9P. The number of halogens is 1. The van der Waals surface area contributed by atoms with Gasteiger partial charge in [0.05, 0.1) is 32.0 Å². The quantitative estimate of drug-likeness (QED) is 0.302. The molecule has 2 saturated heterocycles. The fourth-order valence-electron chi connectivity index (χ4n) is 3.54. The van der Waals surface area contributed by atoms with E-state index in [1.54, 1.807) is 7.05 Å². The molecule has 2 aliphatic heterocycles. The molecule has 0 amide bonds. The van der Waals surface area contributed by atoms with Crippen molar-refractivity contribution in [2.75, 3.05) is 38.7 Å². The number of ether oxygens (including phenoxy) is 3. The number of aliphatic hydroxyl groups excluding tert-OH is 1. The predicted molar refractivity (Wildman–Crippen MR) is 121 cm³/mol. The minimum absolute atomic E-state index is 0.108. The van der Waals surface area contributed by atoms with Crippen LogP contribution in [0.4, 0.5) is 0 Å². The lowest BCUT2D eigenvalue weighted by atomic mass is 10.2. The van der Waals surface area contributed by atoms with Gasteiger partial charge >= 0.3 is 13.4 Å². The van der Waals surface area contributed by atoms with Crippen LogP contribution >= 0.6 is 23.7 Å². The van der Waals surface area contributed by atoms with Crippen molar-refractivity contribution >= 4 is 23.7 Å². The number of aromatic nitrogens is 2. The third kappa shape index (κ3) is 7.06. The lowest BCUT2D eigenvalue weighted by Crippen LogP contribution is -2.32. The van der Waals surface area contributed by atoms with Gasteiger partial charge in [-0.2, -0.15) is 0 Å². The Labute approximate surface area is 199 Å². The lowest BCUT2D eigenvalue weighted by molar-refractivity contribution is -0.139. The van der Waals surface area contributed by atoms with Gasteiger partial charge in [0.15, 0.2) is 5.79 Å². The van der Waals surface area contributed by atoms with Gasteiger partial charge in [-0.15, -0.1) is 0 Å². The molecule has 1 aromatic rings. The first-order valence-corrected chi connectivity index (χ1v) is 13.3. The Morgan fingerprint density at radius 1 is 1.39 bits per heavy atom. The summed E-state index contributed by atoms with van der Waals surface area (Å²) in [5.74, 6) is -0.655. The smallest absolute Gasteiger partial charge is 0.390 e. The maximum atomic E-state index is 13.5. The second kappa shape index (κ2) is 11.2. The Balaban J connectivity index is 1.58. The first-order valence-electron chi connectivity index (χ1n) is 10.7. The Kier molecular flexibility index (Phi) is 9.09. The maximum absolute atomic E-state index is 13.5. The Bertz CT molecular complexity index is 955. The van der Waals surface area contributed by atoms with Gasteiger partial charge in [-0.25, -0.2) is 14.0 Å². The van der Waals surface area contributed by atoms with Crippen molar-refractivity contribution in [2.24, 2.45) is 0 Å². The molecule has 0 saturated carbocycles.